The van der Waals surface area contributed by atoms with Gasteiger partial charge in [0.25, 0.3) is 0 Å². The van der Waals surface area contributed by atoms with Gasteiger partial charge in [-0.3, -0.25) is 0 Å². The lowest BCUT2D eigenvalue weighted by atomic mass is 10.2. The van der Waals surface area contributed by atoms with Crippen molar-refractivity contribution in [2.24, 2.45) is 0 Å². The quantitative estimate of drug-likeness (QED) is 0.629. The number of fused-ring (bicyclic) bond motifs is 1. The third-order valence-corrected chi connectivity index (χ3v) is 10.2. The molecule has 0 aliphatic rings. The summed E-state index contributed by atoms with van der Waals surface area (Å²) >= 11 is 0. The summed E-state index contributed by atoms with van der Waals surface area (Å²) in [6.07, 6.45) is 3.01. The standard InChI is InChI=1S/C13H19FN2O2SSi/c1-13(2,3)20(4,5)16-7-6-10-8-11(19(14,17)18)9-15-12(10)16/h6-9H,1-5H3. The van der Waals surface area contributed by atoms with Gasteiger partial charge in [-0.25, -0.2) is 4.98 Å². The molecule has 0 saturated heterocycles. The molecular weight excluding hydrogens is 295 g/mol. The second-order valence-electron chi connectivity index (χ2n) is 6.52. The summed E-state index contributed by atoms with van der Waals surface area (Å²) in [5.41, 5.74) is 0.712. The van der Waals surface area contributed by atoms with Crippen LogP contribution in [0.4, 0.5) is 3.89 Å². The van der Waals surface area contributed by atoms with Crippen LogP contribution in [0.2, 0.25) is 18.1 Å². The first-order valence-corrected chi connectivity index (χ1v) is 10.7. The van der Waals surface area contributed by atoms with E-state index in [1.807, 2.05) is 6.20 Å². The molecule has 4 nitrogen and oxygen atoms in total. The van der Waals surface area contributed by atoms with Crippen LogP contribution >= 0.6 is 0 Å². The van der Waals surface area contributed by atoms with Gasteiger partial charge in [0.05, 0.1) is 6.20 Å². The van der Waals surface area contributed by atoms with Crippen LogP contribution in [0, 0.1) is 0 Å². The van der Waals surface area contributed by atoms with E-state index >= 15 is 0 Å². The molecule has 0 aliphatic carbocycles. The Morgan fingerprint density at radius 3 is 2.40 bits per heavy atom. The van der Waals surface area contributed by atoms with Crippen molar-refractivity contribution in [3.05, 3.63) is 24.5 Å². The summed E-state index contributed by atoms with van der Waals surface area (Å²) in [4.78, 5) is 3.78. The van der Waals surface area contributed by atoms with Crippen molar-refractivity contribution in [2.75, 3.05) is 0 Å². The Morgan fingerprint density at radius 1 is 1.30 bits per heavy atom. The van der Waals surface area contributed by atoms with Crippen LogP contribution in [-0.4, -0.2) is 25.9 Å². The van der Waals surface area contributed by atoms with Crippen LogP contribution in [0.3, 0.4) is 0 Å². The van der Waals surface area contributed by atoms with E-state index in [0.29, 0.717) is 11.0 Å². The average molecular weight is 314 g/mol. The van der Waals surface area contributed by atoms with Crippen molar-refractivity contribution >= 4 is 29.5 Å². The highest BCUT2D eigenvalue weighted by molar-refractivity contribution is 7.86. The maximum Gasteiger partial charge on any atom is 0.333 e. The van der Waals surface area contributed by atoms with E-state index in [2.05, 4.69) is 43.1 Å². The second-order valence-corrected chi connectivity index (χ2v) is 13.0. The summed E-state index contributed by atoms with van der Waals surface area (Å²) in [5, 5.41) is 0.763. The Morgan fingerprint density at radius 2 is 1.90 bits per heavy atom. The van der Waals surface area contributed by atoms with Gasteiger partial charge in [0.15, 0.2) is 8.24 Å². The fourth-order valence-corrected chi connectivity index (χ4v) is 4.28. The Kier molecular flexibility index (Phi) is 3.33. The normalized spacial score (nSPS) is 13.9. The molecule has 0 fully saturated rings. The van der Waals surface area contributed by atoms with Crippen LogP contribution in [0.15, 0.2) is 29.4 Å². The van der Waals surface area contributed by atoms with Crippen LogP contribution in [0.1, 0.15) is 20.8 Å². The highest BCUT2D eigenvalue weighted by atomic mass is 32.3. The van der Waals surface area contributed by atoms with Crippen LogP contribution in [-0.2, 0) is 10.2 Å². The second kappa shape index (κ2) is 4.39. The van der Waals surface area contributed by atoms with Crippen LogP contribution in [0.25, 0.3) is 11.0 Å². The molecular formula is C13H19FN2O2SSi. The minimum Gasteiger partial charge on any atom is -0.359 e. The molecule has 0 spiro atoms. The Hall–Kier alpha value is -1.21. The molecule has 0 saturated carbocycles. The van der Waals surface area contributed by atoms with E-state index in [0.717, 1.165) is 6.20 Å². The monoisotopic (exact) mass is 314 g/mol. The first-order valence-electron chi connectivity index (χ1n) is 6.37. The number of hydrogen-bond acceptors (Lipinski definition) is 3. The molecule has 2 rings (SSSR count). The van der Waals surface area contributed by atoms with Gasteiger partial charge in [0.2, 0.25) is 0 Å². The van der Waals surface area contributed by atoms with Gasteiger partial charge in [-0.15, -0.1) is 3.89 Å². The summed E-state index contributed by atoms with van der Waals surface area (Å²) in [7, 11) is -6.55. The van der Waals surface area contributed by atoms with Gasteiger partial charge in [-0.2, -0.15) is 8.42 Å². The minimum absolute atomic E-state index is 0.117. The smallest absolute Gasteiger partial charge is 0.333 e. The highest BCUT2D eigenvalue weighted by Gasteiger charge is 2.38. The Balaban J connectivity index is 2.66. The molecule has 0 aromatic carbocycles. The van der Waals surface area contributed by atoms with E-state index < -0.39 is 23.4 Å². The third kappa shape index (κ3) is 2.40. The minimum atomic E-state index is -4.71. The lowest BCUT2D eigenvalue weighted by molar-refractivity contribution is 0.552. The van der Waals surface area contributed by atoms with Crippen molar-refractivity contribution in [2.45, 2.75) is 43.8 Å². The predicted molar refractivity (Wildman–Crippen MR) is 80.6 cm³/mol. The molecule has 0 aliphatic heterocycles. The zero-order chi connectivity index (χ0) is 15.3. The summed E-state index contributed by atoms with van der Waals surface area (Å²) in [5.74, 6) is 0. The number of halogens is 1. The number of rotatable bonds is 2. The zero-order valence-corrected chi connectivity index (χ0v) is 14.1. The average Bonchev–Trinajstić information content (AvgIpc) is 2.68. The molecule has 0 radical (unpaired) electrons. The Labute approximate surface area is 119 Å². The highest BCUT2D eigenvalue weighted by Crippen LogP contribution is 2.38. The molecule has 2 aromatic rings. The summed E-state index contributed by atoms with van der Waals surface area (Å²) in [6, 6.07) is 3.12. The lowest BCUT2D eigenvalue weighted by Gasteiger charge is -2.38. The summed E-state index contributed by atoms with van der Waals surface area (Å²) < 4.78 is 37.0. The van der Waals surface area contributed by atoms with Crippen LogP contribution < -0.4 is 0 Å². The molecule has 110 valence electrons. The van der Waals surface area contributed by atoms with E-state index in [1.54, 1.807) is 6.07 Å². The van der Waals surface area contributed by atoms with Gasteiger partial charge in [-0.05, 0) is 23.4 Å². The number of hydrogen-bond donors (Lipinski definition) is 0. The number of nitrogens with zero attached hydrogens (tertiary/aromatic N) is 2. The third-order valence-electron chi connectivity index (χ3n) is 4.22. The Bertz CT molecular complexity index is 760. The maximum atomic E-state index is 13.0. The largest absolute Gasteiger partial charge is 0.359 e. The first kappa shape index (κ1) is 15.2. The molecule has 20 heavy (non-hydrogen) atoms. The van der Waals surface area contributed by atoms with E-state index in [1.165, 1.54) is 6.07 Å². The van der Waals surface area contributed by atoms with Gasteiger partial charge >= 0.3 is 10.2 Å². The van der Waals surface area contributed by atoms with Gasteiger partial charge in [0.1, 0.15) is 10.5 Å². The number of pyridine rings is 1. The van der Waals surface area contributed by atoms with Crippen molar-refractivity contribution in [3.8, 4) is 0 Å². The van der Waals surface area contributed by atoms with Gasteiger partial charge < -0.3 is 4.23 Å². The molecule has 2 heterocycles. The van der Waals surface area contributed by atoms with Crippen molar-refractivity contribution in [1.82, 2.24) is 9.22 Å². The number of aromatic nitrogens is 2. The molecule has 2 aromatic heterocycles. The lowest BCUT2D eigenvalue weighted by Crippen LogP contribution is -2.45. The van der Waals surface area contributed by atoms with E-state index in [4.69, 9.17) is 0 Å². The van der Waals surface area contributed by atoms with Crippen molar-refractivity contribution < 1.29 is 12.3 Å². The molecule has 0 unspecified atom stereocenters. The van der Waals surface area contributed by atoms with E-state index in [-0.39, 0.29) is 5.04 Å². The fraction of sp³-hybridized carbons (Fsp3) is 0.462. The molecule has 0 amide bonds. The van der Waals surface area contributed by atoms with E-state index in [9.17, 15) is 12.3 Å². The molecule has 0 atom stereocenters. The van der Waals surface area contributed by atoms with Crippen molar-refractivity contribution in [3.63, 3.8) is 0 Å². The zero-order valence-electron chi connectivity index (χ0n) is 12.3. The van der Waals surface area contributed by atoms with Crippen LogP contribution in [0.5, 0.6) is 0 Å². The summed E-state index contributed by atoms with van der Waals surface area (Å²) in [6.45, 7) is 11.0. The maximum absolute atomic E-state index is 13.0. The molecule has 0 N–H and O–H groups in total. The molecule has 0 bridgehead atoms. The van der Waals surface area contributed by atoms with Gasteiger partial charge in [0, 0.05) is 5.39 Å². The SMILES string of the molecule is CC(C)(C)[Si](C)(C)n1ccc2cc(S(=O)(=O)F)cnc21. The van der Waals surface area contributed by atoms with Gasteiger partial charge in [-0.1, -0.05) is 33.9 Å². The van der Waals surface area contributed by atoms with Crippen molar-refractivity contribution in [1.29, 1.82) is 0 Å². The predicted octanol–water partition coefficient (Wildman–Crippen LogP) is 3.55. The first-order chi connectivity index (χ1) is 8.94. The topological polar surface area (TPSA) is 52.0 Å². The molecule has 7 heteroatoms. The fourth-order valence-electron chi connectivity index (χ4n) is 1.95.